The van der Waals surface area contributed by atoms with E-state index in [0.29, 0.717) is 6.61 Å². The summed E-state index contributed by atoms with van der Waals surface area (Å²) in [4.78, 5) is 1.29. The van der Waals surface area contributed by atoms with Gasteiger partial charge < -0.3 is 15.2 Å². The third-order valence-electron chi connectivity index (χ3n) is 1.93. The molecule has 1 heterocycles. The molecule has 3 nitrogen and oxygen atoms in total. The Labute approximate surface area is 103 Å². The number of methoxy groups -OCH3 is 1. The van der Waals surface area contributed by atoms with Gasteiger partial charge in [0.15, 0.2) is 0 Å². The fourth-order valence-electron chi connectivity index (χ4n) is 1.20. The highest BCUT2D eigenvalue weighted by Crippen LogP contribution is 2.19. The first kappa shape index (κ1) is 13.1. The Bertz CT molecular complexity index is 280. The van der Waals surface area contributed by atoms with Crippen molar-refractivity contribution in [3.8, 4) is 0 Å². The number of aliphatic hydroxyl groups is 1. The summed E-state index contributed by atoms with van der Waals surface area (Å²) in [6.45, 7) is 2.07. The van der Waals surface area contributed by atoms with Crippen molar-refractivity contribution >= 4 is 27.3 Å². The topological polar surface area (TPSA) is 41.5 Å². The molecule has 1 aromatic heterocycles. The molecule has 1 aromatic rings. The van der Waals surface area contributed by atoms with Crippen molar-refractivity contribution in [3.63, 3.8) is 0 Å². The van der Waals surface area contributed by atoms with Gasteiger partial charge in [0.2, 0.25) is 0 Å². The maximum Gasteiger partial charge on any atom is 0.0785 e. The normalized spacial score (nSPS) is 13.0. The van der Waals surface area contributed by atoms with Gasteiger partial charge in [-0.25, -0.2) is 0 Å². The molecule has 1 unspecified atom stereocenters. The van der Waals surface area contributed by atoms with Crippen LogP contribution in [-0.2, 0) is 11.3 Å². The third kappa shape index (κ3) is 5.63. The lowest BCUT2D eigenvalue weighted by Crippen LogP contribution is -2.22. The molecule has 0 saturated carbocycles. The van der Waals surface area contributed by atoms with Crippen LogP contribution in [0.5, 0.6) is 0 Å². The van der Waals surface area contributed by atoms with Gasteiger partial charge in [-0.15, -0.1) is 11.3 Å². The summed E-state index contributed by atoms with van der Waals surface area (Å²) in [7, 11) is 1.60. The Kier molecular flexibility index (Phi) is 6.43. The van der Waals surface area contributed by atoms with Crippen molar-refractivity contribution in [1.29, 1.82) is 0 Å². The first-order valence-electron chi connectivity index (χ1n) is 4.83. The number of halogens is 1. The molecule has 1 atom stereocenters. The van der Waals surface area contributed by atoms with Crippen LogP contribution in [0.3, 0.4) is 0 Å². The summed E-state index contributed by atoms with van der Waals surface area (Å²) in [6, 6.07) is 2.10. The van der Waals surface area contributed by atoms with E-state index in [2.05, 4.69) is 32.7 Å². The molecule has 0 bridgehead atoms. The van der Waals surface area contributed by atoms with E-state index in [4.69, 9.17) is 4.74 Å². The van der Waals surface area contributed by atoms with Crippen LogP contribution >= 0.6 is 27.3 Å². The molecule has 15 heavy (non-hydrogen) atoms. The van der Waals surface area contributed by atoms with E-state index in [1.165, 1.54) is 4.88 Å². The minimum Gasteiger partial charge on any atom is -0.391 e. The van der Waals surface area contributed by atoms with Crippen molar-refractivity contribution < 1.29 is 9.84 Å². The number of nitrogens with one attached hydrogen (secondary N) is 1. The van der Waals surface area contributed by atoms with Gasteiger partial charge in [-0.3, -0.25) is 0 Å². The smallest absolute Gasteiger partial charge is 0.0785 e. The predicted octanol–water partition coefficient (Wildman–Crippen LogP) is 2.00. The minimum atomic E-state index is -0.363. The van der Waals surface area contributed by atoms with Gasteiger partial charge in [0.25, 0.3) is 0 Å². The summed E-state index contributed by atoms with van der Waals surface area (Å²) in [6.07, 6.45) is 0.359. The average molecular weight is 294 g/mol. The van der Waals surface area contributed by atoms with Gasteiger partial charge in [0.1, 0.15) is 0 Å². The molecule has 86 valence electrons. The largest absolute Gasteiger partial charge is 0.391 e. The van der Waals surface area contributed by atoms with E-state index < -0.39 is 0 Å². The maximum absolute atomic E-state index is 9.38. The van der Waals surface area contributed by atoms with Crippen LogP contribution in [0.25, 0.3) is 0 Å². The van der Waals surface area contributed by atoms with Crippen LogP contribution < -0.4 is 5.32 Å². The van der Waals surface area contributed by atoms with Crippen molar-refractivity contribution in [2.24, 2.45) is 0 Å². The molecular weight excluding hydrogens is 278 g/mol. The van der Waals surface area contributed by atoms with E-state index in [9.17, 15) is 5.11 Å². The van der Waals surface area contributed by atoms with Crippen molar-refractivity contribution in [3.05, 3.63) is 20.8 Å². The van der Waals surface area contributed by atoms with E-state index in [0.717, 1.165) is 24.0 Å². The van der Waals surface area contributed by atoms with Gasteiger partial charge >= 0.3 is 0 Å². The minimum absolute atomic E-state index is 0.363. The molecule has 0 saturated heterocycles. The molecular formula is C10H16BrNO2S. The predicted molar refractivity (Wildman–Crippen MR) is 66.2 cm³/mol. The fraction of sp³-hybridized carbons (Fsp3) is 0.600. The molecule has 2 N–H and O–H groups in total. The van der Waals surface area contributed by atoms with E-state index >= 15 is 0 Å². The monoisotopic (exact) mass is 293 g/mol. The fourth-order valence-corrected chi connectivity index (χ4v) is 2.62. The summed E-state index contributed by atoms with van der Waals surface area (Å²) in [5.74, 6) is 0. The maximum atomic E-state index is 9.38. The zero-order valence-electron chi connectivity index (χ0n) is 8.70. The highest BCUT2D eigenvalue weighted by atomic mass is 79.9. The third-order valence-corrected chi connectivity index (χ3v) is 3.63. The van der Waals surface area contributed by atoms with Crippen LogP contribution in [0, 0.1) is 0 Å². The summed E-state index contributed by atoms with van der Waals surface area (Å²) >= 11 is 5.13. The second-order valence-corrected chi connectivity index (χ2v) is 5.22. The second kappa shape index (κ2) is 7.35. The zero-order valence-corrected chi connectivity index (χ0v) is 11.1. The van der Waals surface area contributed by atoms with E-state index in [1.54, 1.807) is 18.4 Å². The Hall–Kier alpha value is 0.0600. The average Bonchev–Trinajstić information content (AvgIpc) is 2.60. The van der Waals surface area contributed by atoms with Gasteiger partial charge in [-0.2, -0.15) is 0 Å². The molecule has 0 fully saturated rings. The standard InChI is InChI=1S/C10H16BrNO2S/c1-14-6-9(13)2-3-12-5-10-4-8(11)7-15-10/h4,7,9,12-13H,2-3,5-6H2,1H3. The molecule has 0 aliphatic carbocycles. The Balaban J connectivity index is 2.06. The zero-order chi connectivity index (χ0) is 11.1. The molecule has 0 aliphatic heterocycles. The van der Waals surface area contributed by atoms with Crippen LogP contribution in [0.1, 0.15) is 11.3 Å². The first-order valence-corrected chi connectivity index (χ1v) is 6.50. The van der Waals surface area contributed by atoms with Crippen LogP contribution in [0.15, 0.2) is 15.9 Å². The first-order chi connectivity index (χ1) is 7.22. The van der Waals surface area contributed by atoms with Gasteiger partial charge in [0.05, 0.1) is 12.7 Å². The number of hydrogen-bond donors (Lipinski definition) is 2. The van der Waals surface area contributed by atoms with Crippen LogP contribution in [-0.4, -0.2) is 31.5 Å². The van der Waals surface area contributed by atoms with Crippen molar-refractivity contribution in [2.75, 3.05) is 20.3 Å². The lowest BCUT2D eigenvalue weighted by Gasteiger charge is -2.09. The van der Waals surface area contributed by atoms with E-state index in [1.807, 2.05) is 0 Å². The van der Waals surface area contributed by atoms with Gasteiger partial charge in [0, 0.05) is 28.4 Å². The Morgan fingerprint density at radius 2 is 2.47 bits per heavy atom. The second-order valence-electron chi connectivity index (χ2n) is 3.31. The SMILES string of the molecule is COCC(O)CCNCc1cc(Br)cs1. The van der Waals surface area contributed by atoms with Gasteiger partial charge in [-0.1, -0.05) is 0 Å². The highest BCUT2D eigenvalue weighted by molar-refractivity contribution is 9.10. The molecule has 0 amide bonds. The van der Waals surface area contributed by atoms with Crippen molar-refractivity contribution in [2.45, 2.75) is 19.1 Å². The van der Waals surface area contributed by atoms with Crippen LogP contribution in [0.2, 0.25) is 0 Å². The van der Waals surface area contributed by atoms with Crippen LogP contribution in [0.4, 0.5) is 0 Å². The molecule has 0 radical (unpaired) electrons. The molecule has 0 spiro atoms. The lowest BCUT2D eigenvalue weighted by molar-refractivity contribution is 0.0594. The number of rotatable bonds is 7. The number of aliphatic hydroxyl groups excluding tert-OH is 1. The molecule has 1 rings (SSSR count). The van der Waals surface area contributed by atoms with Gasteiger partial charge in [-0.05, 0) is 35.0 Å². The Morgan fingerprint density at radius 3 is 3.07 bits per heavy atom. The number of ether oxygens (including phenoxy) is 1. The quantitative estimate of drug-likeness (QED) is 0.756. The molecule has 0 aromatic carbocycles. The number of hydrogen-bond acceptors (Lipinski definition) is 4. The van der Waals surface area contributed by atoms with E-state index in [-0.39, 0.29) is 6.10 Å². The van der Waals surface area contributed by atoms with Crippen molar-refractivity contribution in [1.82, 2.24) is 5.32 Å². The highest BCUT2D eigenvalue weighted by Gasteiger charge is 2.02. The lowest BCUT2D eigenvalue weighted by atomic mass is 10.2. The number of thiophene rings is 1. The summed E-state index contributed by atoms with van der Waals surface area (Å²) in [5, 5.41) is 14.7. The molecule has 5 heteroatoms. The summed E-state index contributed by atoms with van der Waals surface area (Å²) < 4.78 is 5.97. The summed E-state index contributed by atoms with van der Waals surface area (Å²) in [5.41, 5.74) is 0. The Morgan fingerprint density at radius 1 is 1.67 bits per heavy atom. The molecule has 0 aliphatic rings.